The molecule has 0 saturated carbocycles. The van der Waals surface area contributed by atoms with E-state index in [2.05, 4.69) is 20.5 Å². The molecule has 1 N–H and O–H groups in total. The Balaban J connectivity index is 1.41. The molecule has 4 heterocycles. The number of carbonyl (C=O) groups excluding carboxylic acids is 1. The highest BCUT2D eigenvalue weighted by Crippen LogP contribution is 2.23. The van der Waals surface area contributed by atoms with Crippen molar-refractivity contribution in [3.63, 3.8) is 0 Å². The van der Waals surface area contributed by atoms with Crippen LogP contribution < -0.4 is 10.9 Å². The first-order chi connectivity index (χ1) is 14.2. The number of fused-ring (bicyclic) bond motifs is 1. The molecule has 4 aromatic rings. The lowest BCUT2D eigenvalue weighted by Gasteiger charge is -2.20. The van der Waals surface area contributed by atoms with Crippen LogP contribution in [0.5, 0.6) is 0 Å². The molecule has 9 nitrogen and oxygen atoms in total. The van der Waals surface area contributed by atoms with Crippen molar-refractivity contribution in [2.45, 2.75) is 12.1 Å². The smallest absolute Gasteiger partial charge is 0.280 e. The molecule has 2 unspecified atom stereocenters. The molecule has 1 aliphatic heterocycles. The number of hydrogen-bond acceptors (Lipinski definition) is 7. The molecule has 1 aliphatic rings. The SMILES string of the molecule is O=C(NC1COCC1n1nc(-n2cccn2)ccc1=O)c1nc2ccccc2s1. The van der Waals surface area contributed by atoms with Gasteiger partial charge in [-0.15, -0.1) is 16.4 Å². The summed E-state index contributed by atoms with van der Waals surface area (Å²) in [5.41, 5.74) is 0.516. The summed E-state index contributed by atoms with van der Waals surface area (Å²) in [6.45, 7) is 0.571. The van der Waals surface area contributed by atoms with E-state index in [0.717, 1.165) is 10.2 Å². The van der Waals surface area contributed by atoms with Crippen LogP contribution in [0, 0.1) is 0 Å². The number of ether oxygens (including phenoxy) is 1. The molecule has 0 radical (unpaired) electrons. The minimum Gasteiger partial charge on any atom is -0.377 e. The van der Waals surface area contributed by atoms with Gasteiger partial charge in [0.05, 0.1) is 29.5 Å². The number of nitrogens with one attached hydrogen (secondary N) is 1. The van der Waals surface area contributed by atoms with Gasteiger partial charge < -0.3 is 10.1 Å². The van der Waals surface area contributed by atoms with Gasteiger partial charge in [0.1, 0.15) is 6.04 Å². The number of rotatable bonds is 4. The second-order valence-electron chi connectivity index (χ2n) is 6.60. The van der Waals surface area contributed by atoms with E-state index in [4.69, 9.17) is 4.74 Å². The zero-order valence-electron chi connectivity index (χ0n) is 15.1. The first kappa shape index (κ1) is 17.7. The summed E-state index contributed by atoms with van der Waals surface area (Å²) in [6, 6.07) is 11.6. The van der Waals surface area contributed by atoms with Crippen LogP contribution in [-0.4, -0.2) is 49.7 Å². The van der Waals surface area contributed by atoms with Gasteiger partial charge in [0.25, 0.3) is 11.5 Å². The quantitative estimate of drug-likeness (QED) is 0.548. The molecular formula is C19H16N6O3S. The molecule has 10 heteroatoms. The molecule has 1 aromatic carbocycles. The maximum absolute atomic E-state index is 12.7. The second kappa shape index (κ2) is 7.22. The molecule has 2 atom stereocenters. The lowest BCUT2D eigenvalue weighted by Crippen LogP contribution is -2.44. The molecule has 5 rings (SSSR count). The number of thiazole rings is 1. The average Bonchev–Trinajstić information content (AvgIpc) is 3.48. The van der Waals surface area contributed by atoms with Gasteiger partial charge in [-0.25, -0.2) is 14.3 Å². The third kappa shape index (κ3) is 3.32. The molecule has 1 amide bonds. The summed E-state index contributed by atoms with van der Waals surface area (Å²) >= 11 is 1.33. The molecule has 0 spiro atoms. The number of benzene rings is 1. The van der Waals surface area contributed by atoms with E-state index in [1.54, 1.807) is 29.2 Å². The normalized spacial score (nSPS) is 18.9. The van der Waals surface area contributed by atoms with Gasteiger partial charge in [0.2, 0.25) is 0 Å². The fraction of sp³-hybridized carbons (Fsp3) is 0.211. The molecule has 0 aliphatic carbocycles. The third-order valence-electron chi connectivity index (χ3n) is 4.72. The molecule has 0 bridgehead atoms. The molecule has 3 aromatic heterocycles. The first-order valence-corrected chi connectivity index (χ1v) is 9.85. The highest BCUT2D eigenvalue weighted by atomic mass is 32.1. The minimum atomic E-state index is -0.420. The van der Waals surface area contributed by atoms with Crippen LogP contribution in [0.15, 0.2) is 59.7 Å². The Kier molecular flexibility index (Phi) is 4.41. The maximum atomic E-state index is 12.7. The zero-order chi connectivity index (χ0) is 19.8. The molecule has 1 saturated heterocycles. The summed E-state index contributed by atoms with van der Waals surface area (Å²) in [5.74, 6) is 0.223. The Hall–Kier alpha value is -3.37. The van der Waals surface area contributed by atoms with Gasteiger partial charge in [-0.2, -0.15) is 5.10 Å². The van der Waals surface area contributed by atoms with Crippen molar-refractivity contribution in [1.82, 2.24) is 29.9 Å². The third-order valence-corrected chi connectivity index (χ3v) is 5.75. The summed E-state index contributed by atoms with van der Waals surface area (Å²) in [7, 11) is 0. The van der Waals surface area contributed by atoms with Crippen LogP contribution in [0.4, 0.5) is 0 Å². The number of hydrogen-bond donors (Lipinski definition) is 1. The highest BCUT2D eigenvalue weighted by molar-refractivity contribution is 7.20. The average molecular weight is 408 g/mol. The number of carbonyl (C=O) groups is 1. The van der Waals surface area contributed by atoms with Crippen molar-refractivity contribution in [3.05, 3.63) is 70.2 Å². The van der Waals surface area contributed by atoms with Crippen molar-refractivity contribution in [3.8, 4) is 5.82 Å². The minimum absolute atomic E-state index is 0.268. The predicted molar refractivity (Wildman–Crippen MR) is 106 cm³/mol. The van der Waals surface area contributed by atoms with Crippen molar-refractivity contribution in [2.24, 2.45) is 0 Å². The van der Waals surface area contributed by atoms with Gasteiger partial charge in [-0.1, -0.05) is 12.1 Å². The largest absolute Gasteiger partial charge is 0.377 e. The van der Waals surface area contributed by atoms with E-state index >= 15 is 0 Å². The Morgan fingerprint density at radius 1 is 1.17 bits per heavy atom. The highest BCUT2D eigenvalue weighted by Gasteiger charge is 2.33. The number of para-hydroxylation sites is 1. The van der Waals surface area contributed by atoms with Crippen LogP contribution in [0.3, 0.4) is 0 Å². The lowest BCUT2D eigenvalue weighted by molar-refractivity contribution is 0.0924. The van der Waals surface area contributed by atoms with Crippen molar-refractivity contribution >= 4 is 27.5 Å². The van der Waals surface area contributed by atoms with E-state index in [1.807, 2.05) is 24.3 Å². The Bertz CT molecular complexity index is 1200. The first-order valence-electron chi connectivity index (χ1n) is 9.03. The second-order valence-corrected chi connectivity index (χ2v) is 7.63. The van der Waals surface area contributed by atoms with Gasteiger partial charge in [0.15, 0.2) is 10.8 Å². The summed E-state index contributed by atoms with van der Waals surface area (Å²) in [4.78, 5) is 29.6. The Morgan fingerprint density at radius 3 is 2.90 bits per heavy atom. The molecule has 146 valence electrons. The summed E-state index contributed by atoms with van der Waals surface area (Å²) < 4.78 is 9.42. The van der Waals surface area contributed by atoms with E-state index in [0.29, 0.717) is 17.4 Å². The van der Waals surface area contributed by atoms with Crippen molar-refractivity contribution < 1.29 is 9.53 Å². The van der Waals surface area contributed by atoms with Crippen LogP contribution in [-0.2, 0) is 4.74 Å². The van der Waals surface area contributed by atoms with Gasteiger partial charge in [0, 0.05) is 18.5 Å². The summed E-state index contributed by atoms with van der Waals surface area (Å²) in [6.07, 6.45) is 3.38. The van der Waals surface area contributed by atoms with Crippen LogP contribution in [0.25, 0.3) is 16.0 Å². The van der Waals surface area contributed by atoms with Gasteiger partial charge >= 0.3 is 0 Å². The fourth-order valence-electron chi connectivity index (χ4n) is 3.30. The Morgan fingerprint density at radius 2 is 2.07 bits per heavy atom. The topological polar surface area (TPSA) is 104 Å². The standard InChI is InChI=1S/C19H16N6O3S/c26-17-7-6-16(24-9-3-8-20-24)23-25(17)14-11-28-10-13(14)21-18(27)19-22-12-4-1-2-5-15(12)29-19/h1-9,13-14H,10-11H2,(H,21,27). The summed E-state index contributed by atoms with van der Waals surface area (Å²) in [5, 5.41) is 11.9. The molecule has 1 fully saturated rings. The number of nitrogens with zero attached hydrogens (tertiary/aromatic N) is 5. The van der Waals surface area contributed by atoms with E-state index in [9.17, 15) is 9.59 Å². The van der Waals surface area contributed by atoms with Gasteiger partial charge in [-0.3, -0.25) is 9.59 Å². The monoisotopic (exact) mass is 408 g/mol. The van der Waals surface area contributed by atoms with E-state index in [1.165, 1.54) is 22.1 Å². The van der Waals surface area contributed by atoms with Crippen LogP contribution in [0.2, 0.25) is 0 Å². The number of amides is 1. The van der Waals surface area contributed by atoms with Gasteiger partial charge in [-0.05, 0) is 24.3 Å². The Labute approximate surface area is 168 Å². The maximum Gasteiger partial charge on any atom is 0.280 e. The molecular weight excluding hydrogens is 392 g/mol. The van der Waals surface area contributed by atoms with Crippen molar-refractivity contribution in [1.29, 1.82) is 0 Å². The van der Waals surface area contributed by atoms with Crippen molar-refractivity contribution in [2.75, 3.05) is 13.2 Å². The lowest BCUT2D eigenvalue weighted by atomic mass is 10.1. The van der Waals surface area contributed by atoms with Crippen LogP contribution in [0.1, 0.15) is 15.8 Å². The predicted octanol–water partition coefficient (Wildman–Crippen LogP) is 1.41. The number of aromatic nitrogens is 5. The van der Waals surface area contributed by atoms with E-state index in [-0.39, 0.29) is 18.1 Å². The molecule has 29 heavy (non-hydrogen) atoms. The zero-order valence-corrected chi connectivity index (χ0v) is 16.0. The van der Waals surface area contributed by atoms with Crippen LogP contribution >= 0.6 is 11.3 Å². The fourth-order valence-corrected chi connectivity index (χ4v) is 4.17. The van der Waals surface area contributed by atoms with E-state index < -0.39 is 12.1 Å².